The second kappa shape index (κ2) is 12.6. The second-order valence-electron chi connectivity index (χ2n) is 3.91. The summed E-state index contributed by atoms with van der Waals surface area (Å²) in [5, 5.41) is 27.5. The molecule has 24 heavy (non-hydrogen) atoms. The Morgan fingerprint density at radius 3 is 2.12 bits per heavy atom. The zero-order chi connectivity index (χ0) is 16.7. The van der Waals surface area contributed by atoms with Crippen molar-refractivity contribution in [3.8, 4) is 6.07 Å². The first kappa shape index (κ1) is 25.5. The Morgan fingerprint density at radius 1 is 1.21 bits per heavy atom. The van der Waals surface area contributed by atoms with Crippen LogP contribution in [0.5, 0.6) is 0 Å². The van der Waals surface area contributed by atoms with Gasteiger partial charge in [-0.05, 0) is 42.5 Å². The molecule has 1 aromatic carbocycles. The van der Waals surface area contributed by atoms with Crippen molar-refractivity contribution in [2.24, 2.45) is 0 Å². The fourth-order valence-electron chi connectivity index (χ4n) is 1.60. The number of aliphatic carboxylic acids is 1. The molecule has 114 valence electrons. The van der Waals surface area contributed by atoms with Gasteiger partial charge in [-0.15, -0.1) is 0 Å². The maximum absolute atomic E-state index is 11.7. The summed E-state index contributed by atoms with van der Waals surface area (Å²) in [6, 6.07) is 7.50. The maximum atomic E-state index is 11.7. The average Bonchev–Trinajstić information content (AvgIpc) is 2.45. The third-order valence-corrected chi connectivity index (χ3v) is 3.13. The number of carbonyl (C=O) groups excluding carboxylic acids is 3. The van der Waals surface area contributed by atoms with Gasteiger partial charge in [0.25, 0.3) is 5.24 Å². The molecule has 0 aliphatic heterocycles. The summed E-state index contributed by atoms with van der Waals surface area (Å²) in [4.78, 5) is 34.0. The number of hydrogen-bond acceptors (Lipinski definition) is 7. The van der Waals surface area contributed by atoms with E-state index in [1.54, 1.807) is 6.92 Å². The number of anilines is 1. The molecule has 7 nitrogen and oxygen atoms in total. The van der Waals surface area contributed by atoms with Gasteiger partial charge in [0.2, 0.25) is 0 Å². The van der Waals surface area contributed by atoms with Crippen molar-refractivity contribution >= 4 is 40.0 Å². The summed E-state index contributed by atoms with van der Waals surface area (Å²) >= 11 is 0.0559. The van der Waals surface area contributed by atoms with Crippen LogP contribution in [0.4, 0.5) is 15.3 Å². The van der Waals surface area contributed by atoms with E-state index in [0.717, 1.165) is 6.08 Å². The number of benzene rings is 1. The third kappa shape index (κ3) is 7.85. The van der Waals surface area contributed by atoms with Crippen molar-refractivity contribution in [3.05, 3.63) is 35.4 Å². The van der Waals surface area contributed by atoms with E-state index in [9.17, 15) is 24.6 Å². The van der Waals surface area contributed by atoms with Crippen molar-refractivity contribution in [3.63, 3.8) is 0 Å². The van der Waals surface area contributed by atoms with E-state index < -0.39 is 22.1 Å². The van der Waals surface area contributed by atoms with Crippen molar-refractivity contribution in [1.82, 2.24) is 0 Å². The molecule has 0 unspecified atom stereocenters. The quantitative estimate of drug-likeness (QED) is 0.296. The number of amides is 1. The SMILES string of the molecule is CCN(C(=O)SC(=O)[O-])c1ccc(C=C(C#N)C(=O)[O-])cc1.[Na+].[Na+]. The van der Waals surface area contributed by atoms with Gasteiger partial charge >= 0.3 is 59.1 Å². The third-order valence-electron chi connectivity index (χ3n) is 2.56. The molecule has 1 rings (SSSR count). The largest absolute Gasteiger partial charge is 1.00 e. The fraction of sp³-hybridized carbons (Fsp3) is 0.143. The van der Waals surface area contributed by atoms with Gasteiger partial charge in [0, 0.05) is 12.2 Å². The van der Waals surface area contributed by atoms with Crippen molar-refractivity contribution in [2.45, 2.75) is 6.92 Å². The van der Waals surface area contributed by atoms with Crippen LogP contribution >= 0.6 is 11.8 Å². The first-order valence-electron chi connectivity index (χ1n) is 6.02. The molecule has 0 radical (unpaired) electrons. The van der Waals surface area contributed by atoms with Crippen LogP contribution in [0.15, 0.2) is 29.8 Å². The number of carbonyl (C=O) groups is 3. The summed E-state index contributed by atoms with van der Waals surface area (Å²) in [6.07, 6.45) is 1.13. The van der Waals surface area contributed by atoms with E-state index in [1.807, 2.05) is 0 Å². The number of carboxylic acid groups (broad SMARTS) is 2. The Kier molecular flexibility index (Phi) is 13.3. The van der Waals surface area contributed by atoms with Crippen LogP contribution in [0.3, 0.4) is 0 Å². The number of nitriles is 1. The molecule has 0 aliphatic carbocycles. The molecule has 0 N–H and O–H groups in total. The fourth-order valence-corrected chi connectivity index (χ4v) is 2.08. The topological polar surface area (TPSA) is 124 Å². The molecule has 0 spiro atoms. The maximum Gasteiger partial charge on any atom is 1.00 e. The molecular formula is C14H10N2Na2O5S. The smallest absolute Gasteiger partial charge is 0.544 e. The van der Waals surface area contributed by atoms with Crippen LogP contribution in [0.2, 0.25) is 0 Å². The standard InChI is InChI=1S/C14H12N2O5S.2Na/c1-2-16(13(19)22-14(20)21)11-5-3-9(4-6-11)7-10(8-15)12(17)18;;/h3-7H,2H2,1H3,(H,17,18)(H,20,21);;/q;2*+1/p-2. The monoisotopic (exact) mass is 364 g/mol. The Morgan fingerprint density at radius 2 is 1.75 bits per heavy atom. The summed E-state index contributed by atoms with van der Waals surface area (Å²) in [7, 11) is 0. The van der Waals surface area contributed by atoms with Gasteiger partial charge in [-0.2, -0.15) is 5.26 Å². The molecule has 0 heterocycles. The van der Waals surface area contributed by atoms with E-state index in [4.69, 9.17) is 5.26 Å². The van der Waals surface area contributed by atoms with Gasteiger partial charge in [0.1, 0.15) is 11.4 Å². The summed E-state index contributed by atoms with van der Waals surface area (Å²) in [5.74, 6) is -1.58. The number of rotatable bonds is 4. The van der Waals surface area contributed by atoms with E-state index in [1.165, 1.54) is 35.2 Å². The van der Waals surface area contributed by atoms with Gasteiger partial charge in [-0.3, -0.25) is 4.79 Å². The first-order chi connectivity index (χ1) is 10.4. The minimum Gasteiger partial charge on any atom is -0.544 e. The zero-order valence-electron chi connectivity index (χ0n) is 13.4. The number of hydrogen-bond donors (Lipinski definition) is 0. The predicted octanol–water partition coefficient (Wildman–Crippen LogP) is -5.63. The molecule has 1 aromatic rings. The summed E-state index contributed by atoms with van der Waals surface area (Å²) in [6.45, 7) is 1.92. The van der Waals surface area contributed by atoms with Crippen LogP contribution in [-0.2, 0) is 4.79 Å². The van der Waals surface area contributed by atoms with Crippen molar-refractivity contribution in [2.75, 3.05) is 11.4 Å². The normalized spacial score (nSPS) is 9.75. The molecule has 0 saturated carbocycles. The second-order valence-corrected chi connectivity index (χ2v) is 4.80. The molecule has 0 aromatic heterocycles. The zero-order valence-corrected chi connectivity index (χ0v) is 18.3. The average molecular weight is 364 g/mol. The molecule has 1 amide bonds. The van der Waals surface area contributed by atoms with Crippen LogP contribution in [0.1, 0.15) is 12.5 Å². The van der Waals surface area contributed by atoms with E-state index in [2.05, 4.69) is 0 Å². The molecule has 10 heteroatoms. The molecule has 0 fully saturated rings. The Labute approximate surface area is 187 Å². The van der Waals surface area contributed by atoms with E-state index in [-0.39, 0.29) is 77.4 Å². The number of nitrogens with zero attached hydrogens (tertiary/aromatic N) is 2. The minimum atomic E-state index is -1.58. The minimum absolute atomic E-state index is 0. The number of thioether (sulfide) groups is 1. The Balaban J connectivity index is 0. The van der Waals surface area contributed by atoms with Crippen LogP contribution in [0, 0.1) is 11.3 Å². The molecule has 0 saturated heterocycles. The number of carboxylic acids is 1. The van der Waals surface area contributed by atoms with E-state index >= 15 is 0 Å². The predicted molar refractivity (Wildman–Crippen MR) is 76.4 cm³/mol. The van der Waals surface area contributed by atoms with Gasteiger partial charge < -0.3 is 24.7 Å². The van der Waals surface area contributed by atoms with Gasteiger partial charge in [-0.25, -0.2) is 0 Å². The first-order valence-corrected chi connectivity index (χ1v) is 6.84. The Bertz CT molecular complexity index is 671. The van der Waals surface area contributed by atoms with Crippen LogP contribution in [0.25, 0.3) is 6.08 Å². The Hall–Kier alpha value is -0.790. The summed E-state index contributed by atoms with van der Waals surface area (Å²) in [5.41, 5.74) is 0.342. The van der Waals surface area contributed by atoms with Crippen molar-refractivity contribution in [1.29, 1.82) is 5.26 Å². The van der Waals surface area contributed by atoms with Gasteiger partial charge in [0.15, 0.2) is 0 Å². The molecule has 0 aliphatic rings. The van der Waals surface area contributed by atoms with E-state index in [0.29, 0.717) is 11.3 Å². The van der Waals surface area contributed by atoms with Crippen LogP contribution in [-0.4, -0.2) is 23.1 Å². The van der Waals surface area contributed by atoms with Crippen molar-refractivity contribution < 1.29 is 83.7 Å². The molecule has 0 atom stereocenters. The summed E-state index contributed by atoms with van der Waals surface area (Å²) < 4.78 is 0. The van der Waals surface area contributed by atoms with Gasteiger partial charge in [0.05, 0.1) is 11.5 Å². The molecular weight excluding hydrogens is 354 g/mol. The molecule has 0 bridgehead atoms. The van der Waals surface area contributed by atoms with Gasteiger partial charge in [-0.1, -0.05) is 12.1 Å². The van der Waals surface area contributed by atoms with Crippen LogP contribution < -0.4 is 74.2 Å².